The van der Waals surface area contributed by atoms with Crippen molar-refractivity contribution in [1.82, 2.24) is 0 Å². The maximum absolute atomic E-state index is 13.6. The molecule has 0 aliphatic heterocycles. The summed E-state index contributed by atoms with van der Waals surface area (Å²) in [5.41, 5.74) is -2.96. The van der Waals surface area contributed by atoms with Crippen molar-refractivity contribution in [2.24, 2.45) is 28.1 Å². The van der Waals surface area contributed by atoms with Gasteiger partial charge in [0.25, 0.3) is 0 Å². The lowest BCUT2D eigenvalue weighted by atomic mass is 9.52. The van der Waals surface area contributed by atoms with E-state index in [-0.39, 0.29) is 33.2 Å². The highest BCUT2D eigenvalue weighted by Crippen LogP contribution is 2.97. The van der Waals surface area contributed by atoms with Gasteiger partial charge >= 0.3 is 5.97 Å². The number of thioether (sulfide) groups is 2. The molecule has 5 aliphatic rings. The molecule has 1 spiro atoms. The van der Waals surface area contributed by atoms with Crippen molar-refractivity contribution in [3.05, 3.63) is 60.7 Å². The van der Waals surface area contributed by atoms with Crippen LogP contribution in [-0.4, -0.2) is 41.1 Å². The molecule has 5 atom stereocenters. The Labute approximate surface area is 210 Å². The third kappa shape index (κ3) is 2.53. The lowest BCUT2D eigenvalue weighted by Crippen LogP contribution is -2.63. The van der Waals surface area contributed by atoms with Gasteiger partial charge < -0.3 is 14.6 Å². The minimum Gasteiger partial charge on any atom is -0.468 e. The van der Waals surface area contributed by atoms with E-state index in [0.29, 0.717) is 0 Å². The summed E-state index contributed by atoms with van der Waals surface area (Å²) in [7, 11) is 3.20. The van der Waals surface area contributed by atoms with Crippen LogP contribution in [0.1, 0.15) is 33.1 Å². The van der Waals surface area contributed by atoms with E-state index >= 15 is 0 Å². The summed E-state index contributed by atoms with van der Waals surface area (Å²) in [4.78, 5) is 15.8. The standard InChI is InChI=1S/C28H32O4S2/c1-24(2)17-26(32-4)21-27(30,20(24)25(15-16-25)28(21,26)22(29)31-3)23(33-18-11-7-5-8-12-18)34-19-13-9-6-10-14-19/h5-14,20-21,23,30H,15-17H2,1-4H3/t20-,21+,26+,27-,28+/m1/s1. The van der Waals surface area contributed by atoms with Gasteiger partial charge in [-0.15, -0.1) is 23.5 Å². The van der Waals surface area contributed by atoms with E-state index in [9.17, 15) is 9.90 Å². The van der Waals surface area contributed by atoms with Crippen LogP contribution in [0.3, 0.4) is 0 Å². The van der Waals surface area contributed by atoms with Crippen molar-refractivity contribution < 1.29 is 19.4 Å². The number of esters is 1. The summed E-state index contributed by atoms with van der Waals surface area (Å²) in [6, 6.07) is 20.6. The van der Waals surface area contributed by atoms with Gasteiger partial charge in [-0.2, -0.15) is 0 Å². The highest BCUT2D eigenvalue weighted by molar-refractivity contribution is 8.17. The molecule has 0 aromatic heterocycles. The molecule has 6 heteroatoms. The SMILES string of the molecule is COC(=O)[C@]12[C@@H]3[C@@](O)(C(Sc4ccccc4)Sc4ccccc4)[C@H](C(C)(C)C[C@]31OC)C21CC1. The minimum atomic E-state index is -1.09. The highest BCUT2D eigenvalue weighted by atomic mass is 32.2. The molecule has 0 radical (unpaired) electrons. The lowest BCUT2D eigenvalue weighted by molar-refractivity contribution is -0.194. The summed E-state index contributed by atoms with van der Waals surface area (Å²) in [6.07, 6.45) is 2.65. The molecule has 180 valence electrons. The fourth-order valence-corrected chi connectivity index (χ4v) is 11.6. The molecule has 5 saturated carbocycles. The minimum absolute atomic E-state index is 0.00829. The Bertz CT molecular complexity index is 1080. The molecule has 34 heavy (non-hydrogen) atoms. The van der Waals surface area contributed by atoms with Gasteiger partial charge in [-0.3, -0.25) is 4.79 Å². The van der Waals surface area contributed by atoms with Crippen molar-refractivity contribution in [3.8, 4) is 0 Å². The number of hydrogen-bond donors (Lipinski definition) is 1. The Morgan fingerprint density at radius 2 is 1.47 bits per heavy atom. The molecule has 2 aromatic rings. The number of carbonyl (C=O) groups is 1. The number of hydrogen-bond acceptors (Lipinski definition) is 6. The predicted octanol–water partition coefficient (Wildman–Crippen LogP) is 5.64. The topological polar surface area (TPSA) is 55.8 Å². The van der Waals surface area contributed by atoms with Crippen LogP contribution in [0, 0.1) is 28.1 Å². The van der Waals surface area contributed by atoms with E-state index in [1.165, 1.54) is 7.11 Å². The second-order valence-corrected chi connectivity index (χ2v) is 13.8. The van der Waals surface area contributed by atoms with Gasteiger partial charge in [-0.25, -0.2) is 0 Å². The van der Waals surface area contributed by atoms with E-state index in [0.717, 1.165) is 29.1 Å². The molecule has 2 aromatic carbocycles. The fraction of sp³-hybridized carbons (Fsp3) is 0.536. The van der Waals surface area contributed by atoms with E-state index < -0.39 is 16.6 Å². The molecule has 0 unspecified atom stereocenters. The van der Waals surface area contributed by atoms with Crippen LogP contribution in [0.5, 0.6) is 0 Å². The number of fused-ring (bicyclic) bond motifs is 1. The van der Waals surface area contributed by atoms with Gasteiger partial charge in [0.05, 0.1) is 22.9 Å². The van der Waals surface area contributed by atoms with E-state index in [4.69, 9.17) is 9.47 Å². The molecule has 4 bridgehead atoms. The number of aliphatic hydroxyl groups is 1. The summed E-state index contributed by atoms with van der Waals surface area (Å²) in [6.45, 7) is 4.52. The number of rotatable bonds is 7. The molecule has 0 saturated heterocycles. The number of ether oxygens (including phenoxy) is 2. The first-order chi connectivity index (χ1) is 16.2. The maximum Gasteiger partial charge on any atom is 0.315 e. The van der Waals surface area contributed by atoms with Gasteiger partial charge in [0.2, 0.25) is 0 Å². The molecule has 4 nitrogen and oxygen atoms in total. The molecular weight excluding hydrogens is 464 g/mol. The van der Waals surface area contributed by atoms with Gasteiger partial charge in [0, 0.05) is 28.7 Å². The largest absolute Gasteiger partial charge is 0.468 e. The van der Waals surface area contributed by atoms with Gasteiger partial charge in [0.15, 0.2) is 0 Å². The summed E-state index contributed by atoms with van der Waals surface area (Å²) >= 11 is 3.42. The van der Waals surface area contributed by atoms with Crippen molar-refractivity contribution in [1.29, 1.82) is 0 Å². The zero-order chi connectivity index (χ0) is 24.0. The lowest BCUT2D eigenvalue weighted by Gasteiger charge is -2.57. The number of carbonyl (C=O) groups excluding carboxylic acids is 1. The number of benzene rings is 2. The van der Waals surface area contributed by atoms with Crippen LogP contribution >= 0.6 is 23.5 Å². The average Bonchev–Trinajstić information content (AvgIpc) is 3.71. The van der Waals surface area contributed by atoms with Crippen molar-refractivity contribution in [2.75, 3.05) is 14.2 Å². The van der Waals surface area contributed by atoms with Gasteiger partial charge in [-0.05, 0) is 54.4 Å². The van der Waals surface area contributed by atoms with Crippen molar-refractivity contribution in [2.45, 2.75) is 58.7 Å². The first-order valence-electron chi connectivity index (χ1n) is 12.0. The molecule has 5 aliphatic carbocycles. The Balaban J connectivity index is 1.53. The Morgan fingerprint density at radius 3 is 1.91 bits per heavy atom. The zero-order valence-electron chi connectivity index (χ0n) is 20.1. The van der Waals surface area contributed by atoms with Crippen molar-refractivity contribution >= 4 is 29.5 Å². The Morgan fingerprint density at radius 1 is 0.941 bits per heavy atom. The molecule has 0 amide bonds. The summed E-state index contributed by atoms with van der Waals surface area (Å²) < 4.78 is 11.6. The van der Waals surface area contributed by atoms with Crippen LogP contribution in [0.25, 0.3) is 0 Å². The number of methoxy groups -OCH3 is 2. The highest BCUT2D eigenvalue weighted by Gasteiger charge is 3.05. The van der Waals surface area contributed by atoms with Gasteiger partial charge in [-0.1, -0.05) is 50.2 Å². The predicted molar refractivity (Wildman–Crippen MR) is 135 cm³/mol. The van der Waals surface area contributed by atoms with Crippen LogP contribution < -0.4 is 0 Å². The quantitative estimate of drug-likeness (QED) is 0.304. The molecule has 1 N–H and O–H groups in total. The first kappa shape index (κ1) is 23.0. The molecular formula is C28H32O4S2. The Kier molecular flexibility index (Phi) is 4.92. The zero-order valence-corrected chi connectivity index (χ0v) is 21.7. The average molecular weight is 497 g/mol. The fourth-order valence-electron chi connectivity index (χ4n) is 8.72. The van der Waals surface area contributed by atoms with Crippen molar-refractivity contribution in [3.63, 3.8) is 0 Å². The normalized spacial score (nSPS) is 37.6. The van der Waals surface area contributed by atoms with E-state index in [2.05, 4.69) is 38.1 Å². The van der Waals surface area contributed by atoms with E-state index in [1.54, 1.807) is 30.6 Å². The molecule has 5 fully saturated rings. The maximum atomic E-state index is 13.6. The summed E-state index contributed by atoms with van der Waals surface area (Å²) in [5, 5.41) is 13.1. The van der Waals surface area contributed by atoms with Crippen LogP contribution in [0.2, 0.25) is 0 Å². The summed E-state index contributed by atoms with van der Waals surface area (Å²) in [5.74, 6) is -0.476. The second kappa shape index (κ2) is 7.28. The second-order valence-electron chi connectivity index (χ2n) is 11.2. The van der Waals surface area contributed by atoms with Crippen LogP contribution in [0.4, 0.5) is 0 Å². The van der Waals surface area contributed by atoms with Crippen LogP contribution in [-0.2, 0) is 14.3 Å². The third-order valence-electron chi connectivity index (χ3n) is 9.26. The third-order valence-corrected chi connectivity index (χ3v) is 12.1. The first-order valence-corrected chi connectivity index (χ1v) is 13.8. The molecule has 7 rings (SSSR count). The smallest absolute Gasteiger partial charge is 0.315 e. The monoisotopic (exact) mass is 496 g/mol. The molecule has 0 heterocycles. The van der Waals surface area contributed by atoms with Gasteiger partial charge in [0.1, 0.15) is 5.41 Å². The van der Waals surface area contributed by atoms with E-state index in [1.807, 2.05) is 36.4 Å². The van der Waals surface area contributed by atoms with Crippen LogP contribution in [0.15, 0.2) is 70.5 Å². The Hall–Kier alpha value is -1.47.